The molecule has 2 saturated heterocycles. The number of rotatable bonds is 8. The van der Waals surface area contributed by atoms with Crippen molar-refractivity contribution in [3.05, 3.63) is 45.0 Å². The molecule has 2 N–H and O–H groups in total. The van der Waals surface area contributed by atoms with Gasteiger partial charge in [-0.1, -0.05) is 40.9 Å². The number of aliphatic carboxylic acids is 1. The summed E-state index contributed by atoms with van der Waals surface area (Å²) in [6, 6.07) is 5.33. The van der Waals surface area contributed by atoms with Gasteiger partial charge in [-0.05, 0) is 68.7 Å². The van der Waals surface area contributed by atoms with E-state index in [-0.39, 0.29) is 12.5 Å². The average molecular weight is 541 g/mol. The van der Waals surface area contributed by atoms with Gasteiger partial charge in [-0.15, -0.1) is 0 Å². The Balaban J connectivity index is 1.35. The summed E-state index contributed by atoms with van der Waals surface area (Å²) in [4.78, 5) is 24.7. The molecule has 1 aromatic heterocycles. The third kappa shape index (κ3) is 6.91. The summed E-state index contributed by atoms with van der Waals surface area (Å²) in [5, 5.41) is 14.0. The van der Waals surface area contributed by atoms with Crippen molar-refractivity contribution in [1.82, 2.24) is 14.9 Å². The number of hydrogen-bond donors (Lipinski definition) is 2. The minimum atomic E-state index is -0.720. The largest absolute Gasteiger partial charge is 0.481 e. The van der Waals surface area contributed by atoms with Gasteiger partial charge in [0.15, 0.2) is 5.82 Å². The number of nitrogens with one attached hydrogen (secondary N) is 1. The first kappa shape index (κ1) is 26.3. The van der Waals surface area contributed by atoms with E-state index in [0.29, 0.717) is 45.2 Å². The number of piperidine rings is 2. The molecule has 2 aliphatic heterocycles. The fourth-order valence-corrected chi connectivity index (χ4v) is 5.97. The Labute approximate surface area is 221 Å². The first-order chi connectivity index (χ1) is 16.8. The summed E-state index contributed by atoms with van der Waals surface area (Å²) in [6.07, 6.45) is 6.42. The van der Waals surface area contributed by atoms with Crippen LogP contribution in [0.2, 0.25) is 15.1 Å². The fraction of sp³-hybridized carbons (Fsp3) is 0.560. The molecule has 2 aromatic rings. The number of hydrogen-bond acceptors (Lipinski definition) is 6. The van der Waals surface area contributed by atoms with Crippen LogP contribution in [0.4, 0.5) is 11.8 Å². The van der Waals surface area contributed by atoms with Gasteiger partial charge < -0.3 is 20.2 Å². The zero-order valence-corrected chi connectivity index (χ0v) is 22.2. The molecule has 190 valence electrons. The van der Waals surface area contributed by atoms with E-state index in [1.807, 2.05) is 19.1 Å². The topological polar surface area (TPSA) is 81.6 Å². The van der Waals surface area contributed by atoms with Crippen LogP contribution in [0.1, 0.15) is 50.6 Å². The standard InChI is InChI=1S/C25H32Cl3N5O2/c1-16(20-5-4-19(26)13-21(20)27)30-24-22(28)14-29-25(31-24)33-11-6-17(7-12-33)18-3-2-9-32(15-18)10-8-23(34)35/h4-5,13-14,16-18H,2-3,6-12,15H2,1H3,(H,34,35)(H,29,30,31)/t16-,18-/m1/s1. The molecule has 0 saturated carbocycles. The molecule has 3 heterocycles. The van der Waals surface area contributed by atoms with Gasteiger partial charge >= 0.3 is 5.97 Å². The van der Waals surface area contributed by atoms with Gasteiger partial charge in [0.05, 0.1) is 18.7 Å². The van der Waals surface area contributed by atoms with Crippen molar-refractivity contribution in [2.24, 2.45) is 11.8 Å². The van der Waals surface area contributed by atoms with E-state index in [1.54, 1.807) is 12.3 Å². The van der Waals surface area contributed by atoms with Crippen LogP contribution < -0.4 is 10.2 Å². The van der Waals surface area contributed by atoms with Crippen molar-refractivity contribution in [1.29, 1.82) is 0 Å². The Morgan fingerprint density at radius 2 is 1.91 bits per heavy atom. The summed E-state index contributed by atoms with van der Waals surface area (Å²) in [5.41, 5.74) is 0.915. The minimum Gasteiger partial charge on any atom is -0.481 e. The zero-order chi connectivity index (χ0) is 24.9. The van der Waals surface area contributed by atoms with Crippen LogP contribution in [0.5, 0.6) is 0 Å². The fourth-order valence-electron chi connectivity index (χ4n) is 5.25. The summed E-state index contributed by atoms with van der Waals surface area (Å²) >= 11 is 18.8. The molecule has 0 aliphatic carbocycles. The van der Waals surface area contributed by atoms with E-state index in [9.17, 15) is 4.79 Å². The Kier molecular flexibility index (Phi) is 8.97. The van der Waals surface area contributed by atoms with Gasteiger partial charge in [-0.25, -0.2) is 4.98 Å². The number of carboxylic acid groups (broad SMARTS) is 1. The smallest absolute Gasteiger partial charge is 0.304 e. The van der Waals surface area contributed by atoms with Crippen LogP contribution >= 0.6 is 34.8 Å². The predicted molar refractivity (Wildman–Crippen MR) is 142 cm³/mol. The van der Waals surface area contributed by atoms with Crippen molar-refractivity contribution in [3.8, 4) is 0 Å². The number of likely N-dealkylation sites (tertiary alicyclic amines) is 1. The molecule has 10 heteroatoms. The van der Waals surface area contributed by atoms with Gasteiger partial charge in [0.1, 0.15) is 5.02 Å². The van der Waals surface area contributed by atoms with Gasteiger partial charge in [0.2, 0.25) is 5.95 Å². The lowest BCUT2D eigenvalue weighted by Gasteiger charge is -2.40. The highest BCUT2D eigenvalue weighted by molar-refractivity contribution is 6.35. The normalized spacial score (nSPS) is 20.6. The Morgan fingerprint density at radius 3 is 2.63 bits per heavy atom. The summed E-state index contributed by atoms with van der Waals surface area (Å²) in [5.74, 6) is 1.82. The third-order valence-corrected chi connectivity index (χ3v) is 8.03. The molecule has 0 amide bonds. The van der Waals surface area contributed by atoms with Crippen LogP contribution in [-0.4, -0.2) is 58.7 Å². The number of benzene rings is 1. The lowest BCUT2D eigenvalue weighted by molar-refractivity contribution is -0.137. The highest BCUT2D eigenvalue weighted by atomic mass is 35.5. The lowest BCUT2D eigenvalue weighted by atomic mass is 9.79. The van der Waals surface area contributed by atoms with Crippen LogP contribution in [0.3, 0.4) is 0 Å². The number of halogens is 3. The molecule has 35 heavy (non-hydrogen) atoms. The number of anilines is 2. The van der Waals surface area contributed by atoms with Gasteiger partial charge in [0, 0.05) is 36.2 Å². The number of carboxylic acids is 1. The molecule has 7 nitrogen and oxygen atoms in total. The molecule has 0 spiro atoms. The zero-order valence-electron chi connectivity index (χ0n) is 19.9. The second kappa shape index (κ2) is 12.0. The summed E-state index contributed by atoms with van der Waals surface area (Å²) in [6.45, 7) is 6.47. The van der Waals surface area contributed by atoms with Gasteiger partial charge in [-0.2, -0.15) is 4.98 Å². The van der Waals surface area contributed by atoms with E-state index in [2.05, 4.69) is 20.1 Å². The molecule has 2 atom stereocenters. The quantitative estimate of drug-likeness (QED) is 0.424. The molecule has 2 aliphatic rings. The van der Waals surface area contributed by atoms with E-state index in [1.165, 1.54) is 6.42 Å². The first-order valence-corrected chi connectivity index (χ1v) is 13.4. The van der Waals surface area contributed by atoms with Crippen LogP contribution in [0, 0.1) is 11.8 Å². The Bertz CT molecular complexity index is 1030. The van der Waals surface area contributed by atoms with Crippen LogP contribution in [0.15, 0.2) is 24.4 Å². The average Bonchev–Trinajstić information content (AvgIpc) is 2.84. The monoisotopic (exact) mass is 539 g/mol. The second-order valence-electron chi connectivity index (χ2n) is 9.57. The second-order valence-corrected chi connectivity index (χ2v) is 10.8. The van der Waals surface area contributed by atoms with Crippen LogP contribution in [0.25, 0.3) is 0 Å². The van der Waals surface area contributed by atoms with E-state index >= 15 is 0 Å². The lowest BCUT2D eigenvalue weighted by Crippen LogP contribution is -2.43. The molecule has 0 radical (unpaired) electrons. The Morgan fingerprint density at radius 1 is 1.14 bits per heavy atom. The number of carbonyl (C=O) groups is 1. The van der Waals surface area contributed by atoms with Crippen molar-refractivity contribution >= 4 is 52.5 Å². The number of nitrogens with zero attached hydrogens (tertiary/aromatic N) is 4. The molecular weight excluding hydrogens is 509 g/mol. The van der Waals surface area contributed by atoms with Gasteiger partial charge in [-0.3, -0.25) is 4.79 Å². The molecular formula is C25H32Cl3N5O2. The maximum Gasteiger partial charge on any atom is 0.304 e. The van der Waals surface area contributed by atoms with Crippen molar-refractivity contribution in [3.63, 3.8) is 0 Å². The minimum absolute atomic E-state index is 0.110. The molecule has 0 bridgehead atoms. The van der Waals surface area contributed by atoms with Crippen molar-refractivity contribution in [2.75, 3.05) is 42.9 Å². The first-order valence-electron chi connectivity index (χ1n) is 12.2. The predicted octanol–water partition coefficient (Wildman–Crippen LogP) is 6.01. The third-order valence-electron chi connectivity index (χ3n) is 7.19. The molecule has 4 rings (SSSR count). The highest BCUT2D eigenvalue weighted by Gasteiger charge is 2.31. The van der Waals surface area contributed by atoms with Crippen molar-refractivity contribution in [2.45, 2.75) is 45.1 Å². The van der Waals surface area contributed by atoms with Crippen molar-refractivity contribution < 1.29 is 9.90 Å². The van der Waals surface area contributed by atoms with E-state index < -0.39 is 5.97 Å². The van der Waals surface area contributed by atoms with Crippen LogP contribution in [-0.2, 0) is 4.79 Å². The highest BCUT2D eigenvalue weighted by Crippen LogP contribution is 2.34. The maximum atomic E-state index is 10.9. The molecule has 1 aromatic carbocycles. The molecule has 2 fully saturated rings. The van der Waals surface area contributed by atoms with E-state index in [4.69, 9.17) is 44.9 Å². The van der Waals surface area contributed by atoms with E-state index in [0.717, 1.165) is 51.0 Å². The number of aromatic nitrogens is 2. The SMILES string of the molecule is C[C@@H](Nc1nc(N2CCC([C@@H]3CCCN(CCC(=O)O)C3)CC2)ncc1Cl)c1ccc(Cl)cc1Cl. The maximum absolute atomic E-state index is 10.9. The summed E-state index contributed by atoms with van der Waals surface area (Å²) in [7, 11) is 0. The van der Waals surface area contributed by atoms with Gasteiger partial charge in [0.25, 0.3) is 0 Å². The summed E-state index contributed by atoms with van der Waals surface area (Å²) < 4.78 is 0. The Hall–Kier alpha value is -1.80. The molecule has 0 unspecified atom stereocenters.